The number of hydrogen-bond donors (Lipinski definition) is 6. The van der Waals surface area contributed by atoms with Crippen LogP contribution in [0.2, 0.25) is 0 Å². The first-order chi connectivity index (χ1) is 16.0. The fraction of sp³-hybridized carbons (Fsp3) is 0.458. The topological polar surface area (TPSA) is 187 Å². The van der Waals surface area contributed by atoms with Gasteiger partial charge in [0.05, 0.1) is 11.6 Å². The average Bonchev–Trinajstić information content (AvgIpc) is 3.19. The molecule has 1 saturated carbocycles. The quantitative estimate of drug-likeness (QED) is 0.327. The van der Waals surface area contributed by atoms with E-state index in [4.69, 9.17) is 11.5 Å². The zero-order chi connectivity index (χ0) is 24.7. The van der Waals surface area contributed by atoms with Crippen molar-refractivity contribution in [2.75, 3.05) is 13.6 Å². The second-order valence-electron chi connectivity index (χ2n) is 9.79. The minimum absolute atomic E-state index is 0.00158. The van der Waals surface area contributed by atoms with Crippen molar-refractivity contribution in [3.8, 4) is 5.75 Å². The van der Waals surface area contributed by atoms with Gasteiger partial charge in [-0.25, -0.2) is 0 Å². The van der Waals surface area contributed by atoms with E-state index in [-0.39, 0.29) is 35.8 Å². The number of hydrogen-bond acceptors (Lipinski definition) is 9. The van der Waals surface area contributed by atoms with Crippen molar-refractivity contribution < 1.29 is 34.8 Å². The highest BCUT2D eigenvalue weighted by atomic mass is 16.3. The molecule has 1 heterocycles. The highest BCUT2D eigenvalue weighted by Gasteiger charge is 2.63. The summed E-state index contributed by atoms with van der Waals surface area (Å²) in [5, 5.41) is 43.8. The molecule has 0 spiro atoms. The van der Waals surface area contributed by atoms with Crippen molar-refractivity contribution in [1.82, 2.24) is 4.90 Å². The standard InChI is InChI=1S/C24H27N3O7/c1-27-4-2-3-13(27)9-5-10-6-11-7-12-18(25)20(30)17(23(26)33)22(32)24(12,34)21(31)16(11)19(29)15(10)14(28)8-9/h5,8,11-13,18,28-29,32,34H,2-4,6-7,25H2,1H3,(H2,26,33)/t11-,12-,13-,18-,24-/m0/s1. The highest BCUT2D eigenvalue weighted by Crippen LogP contribution is 2.52. The highest BCUT2D eigenvalue weighted by molar-refractivity contribution is 6.24. The van der Waals surface area contributed by atoms with Gasteiger partial charge in [0.2, 0.25) is 5.78 Å². The zero-order valence-corrected chi connectivity index (χ0v) is 18.6. The summed E-state index contributed by atoms with van der Waals surface area (Å²) in [5.74, 6) is -6.96. The molecule has 0 bridgehead atoms. The number of rotatable bonds is 2. The van der Waals surface area contributed by atoms with Crippen LogP contribution in [0, 0.1) is 11.8 Å². The Kier molecular flexibility index (Phi) is 4.91. The number of fused-ring (bicyclic) bond motifs is 3. The number of carbonyl (C=O) groups excluding carboxylic acids is 3. The second-order valence-corrected chi connectivity index (χ2v) is 9.79. The molecule has 0 radical (unpaired) electrons. The normalized spacial score (nSPS) is 33.6. The molecular formula is C24H27N3O7. The van der Waals surface area contributed by atoms with Gasteiger partial charge in [-0.15, -0.1) is 0 Å². The molecule has 0 aromatic heterocycles. The Hall–Kier alpha value is -3.21. The van der Waals surface area contributed by atoms with Gasteiger partial charge in [0, 0.05) is 17.5 Å². The van der Waals surface area contributed by atoms with Gasteiger partial charge in [0.25, 0.3) is 5.91 Å². The Bertz CT molecular complexity index is 1220. The van der Waals surface area contributed by atoms with Crippen LogP contribution in [0.1, 0.15) is 42.0 Å². The number of Topliss-reactive ketones (excluding diaryl/α,β-unsaturated/α-hetero) is 2. The lowest BCUT2D eigenvalue weighted by Gasteiger charge is -2.48. The number of aliphatic hydroxyl groups is 3. The van der Waals surface area contributed by atoms with Crippen LogP contribution in [0.5, 0.6) is 5.75 Å². The first-order valence-corrected chi connectivity index (χ1v) is 11.3. The Morgan fingerprint density at radius 1 is 1.21 bits per heavy atom. The smallest absolute Gasteiger partial charge is 0.255 e. The lowest BCUT2D eigenvalue weighted by atomic mass is 9.58. The van der Waals surface area contributed by atoms with Gasteiger partial charge >= 0.3 is 0 Å². The first kappa shape index (κ1) is 22.6. The molecule has 5 atom stereocenters. The molecule has 5 rings (SSSR count). The third-order valence-electron chi connectivity index (χ3n) is 7.99. The lowest BCUT2D eigenvalue weighted by molar-refractivity contribution is -0.149. The Balaban J connectivity index is 1.65. The van der Waals surface area contributed by atoms with Crippen LogP contribution in [0.15, 0.2) is 29.0 Å². The number of amides is 1. The van der Waals surface area contributed by atoms with Crippen molar-refractivity contribution in [1.29, 1.82) is 0 Å². The number of nitrogens with two attached hydrogens (primary N) is 2. The van der Waals surface area contributed by atoms with E-state index in [9.17, 15) is 34.8 Å². The van der Waals surface area contributed by atoms with Gasteiger partial charge < -0.3 is 31.9 Å². The molecule has 2 fully saturated rings. The van der Waals surface area contributed by atoms with Crippen LogP contribution in [0.3, 0.4) is 0 Å². The van der Waals surface area contributed by atoms with E-state index in [0.717, 1.165) is 24.9 Å². The number of phenolic OH excluding ortho intramolecular Hbond substituents is 1. The molecule has 1 aromatic carbocycles. The number of phenols is 1. The van der Waals surface area contributed by atoms with E-state index < -0.39 is 58.0 Å². The maximum absolute atomic E-state index is 13.5. The van der Waals surface area contributed by atoms with E-state index in [1.165, 1.54) is 0 Å². The van der Waals surface area contributed by atoms with Crippen molar-refractivity contribution in [3.63, 3.8) is 0 Å². The molecule has 180 valence electrons. The van der Waals surface area contributed by atoms with E-state index in [1.54, 1.807) is 6.07 Å². The average molecular weight is 469 g/mol. The van der Waals surface area contributed by atoms with Gasteiger partial charge in [0.15, 0.2) is 11.4 Å². The van der Waals surface area contributed by atoms with Crippen LogP contribution in [-0.2, 0) is 20.8 Å². The van der Waals surface area contributed by atoms with Crippen LogP contribution in [-0.4, -0.2) is 68.0 Å². The second kappa shape index (κ2) is 7.39. The summed E-state index contributed by atoms with van der Waals surface area (Å²) < 4.78 is 0. The molecule has 4 aliphatic rings. The maximum atomic E-state index is 13.5. The van der Waals surface area contributed by atoms with Crippen molar-refractivity contribution in [2.45, 2.75) is 43.4 Å². The number of likely N-dealkylation sites (tertiary alicyclic amines) is 1. The third-order valence-corrected chi connectivity index (χ3v) is 7.99. The van der Waals surface area contributed by atoms with Crippen LogP contribution in [0.25, 0.3) is 5.76 Å². The summed E-state index contributed by atoms with van der Waals surface area (Å²) in [6, 6.07) is 2.17. The number of benzene rings is 1. The SMILES string of the molecule is CN1CCC[C@H]1c1cc(O)c2c(c1)C[C@H]1C[C@H]3[C@H](N)C(=O)C(C(N)=O)=C(O)[C@@]3(O)C(=O)C1=C2O. The molecule has 1 aliphatic heterocycles. The van der Waals surface area contributed by atoms with Crippen molar-refractivity contribution in [2.24, 2.45) is 23.3 Å². The van der Waals surface area contributed by atoms with Gasteiger partial charge in [-0.3, -0.25) is 19.3 Å². The molecular weight excluding hydrogens is 442 g/mol. The molecule has 10 nitrogen and oxygen atoms in total. The molecule has 34 heavy (non-hydrogen) atoms. The molecule has 0 unspecified atom stereocenters. The predicted molar refractivity (Wildman–Crippen MR) is 119 cm³/mol. The van der Waals surface area contributed by atoms with E-state index in [1.807, 2.05) is 13.1 Å². The van der Waals surface area contributed by atoms with Crippen molar-refractivity contribution in [3.05, 3.63) is 45.7 Å². The fourth-order valence-corrected chi connectivity index (χ4v) is 6.29. The number of aliphatic hydroxyl groups excluding tert-OH is 2. The number of ketones is 2. The molecule has 1 saturated heterocycles. The first-order valence-electron chi connectivity index (χ1n) is 11.3. The Morgan fingerprint density at radius 3 is 2.53 bits per heavy atom. The molecule has 1 amide bonds. The minimum atomic E-state index is -2.68. The summed E-state index contributed by atoms with van der Waals surface area (Å²) in [5.41, 5.74) is 9.10. The van der Waals surface area contributed by atoms with Crippen LogP contribution >= 0.6 is 0 Å². The minimum Gasteiger partial charge on any atom is -0.508 e. The summed E-state index contributed by atoms with van der Waals surface area (Å²) in [6.45, 7) is 0.936. The van der Waals surface area contributed by atoms with Gasteiger partial charge in [0.1, 0.15) is 22.8 Å². The van der Waals surface area contributed by atoms with Gasteiger partial charge in [-0.2, -0.15) is 0 Å². The van der Waals surface area contributed by atoms with Gasteiger partial charge in [-0.1, -0.05) is 6.07 Å². The number of carbonyl (C=O) groups is 3. The van der Waals surface area contributed by atoms with Crippen molar-refractivity contribution >= 4 is 23.2 Å². The molecule has 1 aromatic rings. The molecule has 3 aliphatic carbocycles. The summed E-state index contributed by atoms with van der Waals surface area (Å²) in [7, 11) is 2.01. The summed E-state index contributed by atoms with van der Waals surface area (Å²) in [4.78, 5) is 40.1. The molecule has 8 N–H and O–H groups in total. The maximum Gasteiger partial charge on any atom is 0.255 e. The molecule has 10 heteroatoms. The van der Waals surface area contributed by atoms with E-state index in [2.05, 4.69) is 4.90 Å². The third kappa shape index (κ3) is 2.82. The Morgan fingerprint density at radius 2 is 1.91 bits per heavy atom. The summed E-state index contributed by atoms with van der Waals surface area (Å²) >= 11 is 0. The monoisotopic (exact) mass is 469 g/mol. The number of nitrogens with zero attached hydrogens (tertiary/aromatic N) is 1. The van der Waals surface area contributed by atoms with Crippen LogP contribution in [0.4, 0.5) is 0 Å². The summed E-state index contributed by atoms with van der Waals surface area (Å²) in [6.07, 6.45) is 2.23. The number of primary amides is 1. The van der Waals surface area contributed by atoms with E-state index in [0.29, 0.717) is 5.56 Å². The van der Waals surface area contributed by atoms with E-state index >= 15 is 0 Å². The Labute approximate surface area is 195 Å². The van der Waals surface area contributed by atoms with Crippen LogP contribution < -0.4 is 11.5 Å². The fourth-order valence-electron chi connectivity index (χ4n) is 6.29. The lowest BCUT2D eigenvalue weighted by Crippen LogP contribution is -2.65. The largest absolute Gasteiger partial charge is 0.508 e. The predicted octanol–water partition coefficient (Wildman–Crippen LogP) is 0.128. The zero-order valence-electron chi connectivity index (χ0n) is 18.6. The van der Waals surface area contributed by atoms with Gasteiger partial charge in [-0.05, 0) is 62.4 Å². The number of aromatic hydroxyl groups is 1.